The standard InChI is InChI=1S/C22H17F2N3O2S/c23-21(24)29-17-12-10-15(11-13-17)25-20(28)14-30-22-26-18-8-4-5-9-19(18)27(22)16-6-2-1-3-7-16/h1-13,21H,14H2,(H,25,28). The third-order valence-electron chi connectivity index (χ3n) is 4.24. The number of halogens is 2. The number of nitrogens with one attached hydrogen (secondary N) is 1. The smallest absolute Gasteiger partial charge is 0.387 e. The lowest BCUT2D eigenvalue weighted by atomic mass is 10.3. The summed E-state index contributed by atoms with van der Waals surface area (Å²) in [6.07, 6.45) is 0. The summed E-state index contributed by atoms with van der Waals surface area (Å²) in [6.45, 7) is -2.88. The molecule has 0 fully saturated rings. The van der Waals surface area contributed by atoms with Crippen molar-refractivity contribution in [3.8, 4) is 11.4 Å². The van der Waals surface area contributed by atoms with E-state index >= 15 is 0 Å². The number of carbonyl (C=O) groups is 1. The molecule has 4 aromatic rings. The van der Waals surface area contributed by atoms with Gasteiger partial charge < -0.3 is 10.1 Å². The van der Waals surface area contributed by atoms with Crippen LogP contribution in [0.3, 0.4) is 0 Å². The van der Waals surface area contributed by atoms with Gasteiger partial charge in [0.15, 0.2) is 5.16 Å². The number of hydrogen-bond donors (Lipinski definition) is 1. The first kappa shape index (κ1) is 19.9. The van der Waals surface area contributed by atoms with Crippen LogP contribution in [0.5, 0.6) is 5.75 Å². The summed E-state index contributed by atoms with van der Waals surface area (Å²) in [4.78, 5) is 17.1. The molecule has 0 saturated carbocycles. The van der Waals surface area contributed by atoms with Crippen molar-refractivity contribution in [3.05, 3.63) is 78.9 Å². The Balaban J connectivity index is 1.48. The minimum absolute atomic E-state index is 0.0361. The molecule has 1 N–H and O–H groups in total. The lowest BCUT2D eigenvalue weighted by Gasteiger charge is -2.09. The summed E-state index contributed by atoms with van der Waals surface area (Å²) in [5, 5.41) is 3.45. The second-order valence-electron chi connectivity index (χ2n) is 6.29. The van der Waals surface area contributed by atoms with Gasteiger partial charge in [-0.25, -0.2) is 4.98 Å². The third-order valence-corrected chi connectivity index (χ3v) is 5.18. The summed E-state index contributed by atoms with van der Waals surface area (Å²) in [5.41, 5.74) is 3.27. The monoisotopic (exact) mass is 425 g/mol. The fraction of sp³-hybridized carbons (Fsp3) is 0.0909. The van der Waals surface area contributed by atoms with E-state index < -0.39 is 6.61 Å². The van der Waals surface area contributed by atoms with E-state index in [9.17, 15) is 13.6 Å². The fourth-order valence-electron chi connectivity index (χ4n) is 2.97. The van der Waals surface area contributed by atoms with Crippen molar-refractivity contribution in [1.29, 1.82) is 0 Å². The van der Waals surface area contributed by atoms with Crippen molar-refractivity contribution >= 4 is 34.4 Å². The summed E-state index contributed by atoms with van der Waals surface area (Å²) < 4.78 is 30.8. The molecule has 1 heterocycles. The Hall–Kier alpha value is -3.39. The van der Waals surface area contributed by atoms with E-state index in [2.05, 4.69) is 15.0 Å². The molecular formula is C22H17F2N3O2S. The highest BCUT2D eigenvalue weighted by Crippen LogP contribution is 2.28. The van der Waals surface area contributed by atoms with Crippen molar-refractivity contribution in [2.75, 3.05) is 11.1 Å². The zero-order valence-corrected chi connectivity index (χ0v) is 16.5. The number of nitrogens with zero attached hydrogens (tertiary/aromatic N) is 2. The topological polar surface area (TPSA) is 56.2 Å². The molecule has 0 saturated heterocycles. The summed E-state index contributed by atoms with van der Waals surface area (Å²) in [5.74, 6) is -0.0472. The van der Waals surface area contributed by atoms with Crippen molar-refractivity contribution in [1.82, 2.24) is 9.55 Å². The van der Waals surface area contributed by atoms with Crippen LogP contribution >= 0.6 is 11.8 Å². The molecule has 1 aromatic heterocycles. The number of anilines is 1. The van der Waals surface area contributed by atoms with E-state index in [0.29, 0.717) is 10.8 Å². The molecule has 1 amide bonds. The largest absolute Gasteiger partial charge is 0.435 e. The van der Waals surface area contributed by atoms with Gasteiger partial charge in [0.1, 0.15) is 5.75 Å². The Morgan fingerprint density at radius 3 is 2.43 bits per heavy atom. The summed E-state index contributed by atoms with van der Waals surface area (Å²) >= 11 is 1.32. The fourth-order valence-corrected chi connectivity index (χ4v) is 3.80. The zero-order valence-electron chi connectivity index (χ0n) is 15.7. The molecule has 5 nitrogen and oxygen atoms in total. The van der Waals surface area contributed by atoms with Gasteiger partial charge in [-0.05, 0) is 48.5 Å². The van der Waals surface area contributed by atoms with Crippen molar-refractivity contribution in [3.63, 3.8) is 0 Å². The Bertz CT molecular complexity index is 1150. The average molecular weight is 425 g/mol. The van der Waals surface area contributed by atoms with Crippen LogP contribution in [0, 0.1) is 0 Å². The van der Waals surface area contributed by atoms with Crippen LogP contribution in [0.1, 0.15) is 0 Å². The van der Waals surface area contributed by atoms with Crippen molar-refractivity contribution in [2.45, 2.75) is 11.8 Å². The highest BCUT2D eigenvalue weighted by Gasteiger charge is 2.14. The first-order chi connectivity index (χ1) is 14.6. The molecule has 3 aromatic carbocycles. The molecule has 0 atom stereocenters. The summed E-state index contributed by atoms with van der Waals surface area (Å²) in [7, 11) is 0. The SMILES string of the molecule is O=C(CSc1nc2ccccc2n1-c1ccccc1)Nc1ccc(OC(F)F)cc1. The van der Waals surface area contributed by atoms with Crippen LogP contribution in [0.25, 0.3) is 16.7 Å². The van der Waals surface area contributed by atoms with Crippen LogP contribution in [0.2, 0.25) is 0 Å². The number of aromatic nitrogens is 2. The predicted molar refractivity (Wildman–Crippen MR) is 113 cm³/mol. The van der Waals surface area contributed by atoms with Gasteiger partial charge in [0.2, 0.25) is 5.91 Å². The molecule has 0 aliphatic heterocycles. The molecule has 4 rings (SSSR count). The highest BCUT2D eigenvalue weighted by atomic mass is 32.2. The number of alkyl halides is 2. The molecule has 0 aliphatic carbocycles. The van der Waals surface area contributed by atoms with Gasteiger partial charge in [0, 0.05) is 11.4 Å². The maximum Gasteiger partial charge on any atom is 0.387 e. The molecule has 0 aliphatic rings. The minimum Gasteiger partial charge on any atom is -0.435 e. The number of hydrogen-bond acceptors (Lipinski definition) is 4. The van der Waals surface area contributed by atoms with E-state index in [4.69, 9.17) is 0 Å². The van der Waals surface area contributed by atoms with Crippen LogP contribution in [0.15, 0.2) is 84.0 Å². The third kappa shape index (κ3) is 4.60. The van der Waals surface area contributed by atoms with E-state index in [1.807, 2.05) is 59.2 Å². The van der Waals surface area contributed by atoms with Crippen LogP contribution in [-0.2, 0) is 4.79 Å². The second kappa shape index (κ2) is 8.96. The number of para-hydroxylation sites is 3. The highest BCUT2D eigenvalue weighted by molar-refractivity contribution is 7.99. The number of rotatable bonds is 7. The average Bonchev–Trinajstić information content (AvgIpc) is 3.12. The molecule has 30 heavy (non-hydrogen) atoms. The Labute approximate surface area is 175 Å². The molecule has 0 unspecified atom stereocenters. The van der Waals surface area contributed by atoms with Gasteiger partial charge in [0.05, 0.1) is 16.8 Å². The first-order valence-electron chi connectivity index (χ1n) is 9.10. The summed E-state index contributed by atoms with van der Waals surface area (Å²) in [6, 6.07) is 23.4. The van der Waals surface area contributed by atoms with E-state index in [1.54, 1.807) is 0 Å². The second-order valence-corrected chi connectivity index (χ2v) is 7.24. The van der Waals surface area contributed by atoms with Gasteiger partial charge >= 0.3 is 6.61 Å². The van der Waals surface area contributed by atoms with E-state index in [-0.39, 0.29) is 17.4 Å². The molecule has 8 heteroatoms. The maximum absolute atomic E-state index is 12.4. The number of fused-ring (bicyclic) bond motifs is 1. The number of benzene rings is 3. The Kier molecular flexibility index (Phi) is 5.94. The van der Waals surface area contributed by atoms with Gasteiger partial charge in [-0.1, -0.05) is 42.1 Å². The quantitative estimate of drug-likeness (QED) is 0.405. The van der Waals surface area contributed by atoms with Gasteiger partial charge in [0.25, 0.3) is 0 Å². The van der Waals surface area contributed by atoms with E-state index in [0.717, 1.165) is 16.7 Å². The lowest BCUT2D eigenvalue weighted by Crippen LogP contribution is -2.14. The zero-order chi connectivity index (χ0) is 20.9. The van der Waals surface area contributed by atoms with Crippen molar-refractivity contribution in [2.24, 2.45) is 0 Å². The number of amides is 1. The number of thioether (sulfide) groups is 1. The number of ether oxygens (including phenoxy) is 1. The van der Waals surface area contributed by atoms with Crippen LogP contribution in [0.4, 0.5) is 14.5 Å². The van der Waals surface area contributed by atoms with Crippen LogP contribution < -0.4 is 10.1 Å². The van der Waals surface area contributed by atoms with Gasteiger partial charge in [-0.2, -0.15) is 8.78 Å². The molecular weight excluding hydrogens is 408 g/mol. The molecule has 0 radical (unpaired) electrons. The maximum atomic E-state index is 12.4. The molecule has 152 valence electrons. The van der Waals surface area contributed by atoms with Crippen LogP contribution in [-0.4, -0.2) is 27.8 Å². The van der Waals surface area contributed by atoms with Gasteiger partial charge in [-0.3, -0.25) is 9.36 Å². The minimum atomic E-state index is -2.88. The Morgan fingerprint density at radius 1 is 1.00 bits per heavy atom. The molecule has 0 spiro atoms. The predicted octanol–water partition coefficient (Wildman–Crippen LogP) is 5.36. The van der Waals surface area contributed by atoms with Crippen molar-refractivity contribution < 1.29 is 18.3 Å². The van der Waals surface area contributed by atoms with Gasteiger partial charge in [-0.15, -0.1) is 0 Å². The number of carbonyl (C=O) groups excluding carboxylic acids is 1. The first-order valence-corrected chi connectivity index (χ1v) is 10.1. The normalized spacial score (nSPS) is 11.0. The van der Waals surface area contributed by atoms with E-state index in [1.165, 1.54) is 36.0 Å². The number of imidazole rings is 1. The Morgan fingerprint density at radius 2 is 1.70 bits per heavy atom. The molecule has 0 bridgehead atoms. The lowest BCUT2D eigenvalue weighted by molar-refractivity contribution is -0.113.